The van der Waals surface area contributed by atoms with Gasteiger partial charge in [-0.05, 0) is 12.5 Å². The van der Waals surface area contributed by atoms with Crippen LogP contribution in [0.15, 0.2) is 43.0 Å². The van der Waals surface area contributed by atoms with Crippen molar-refractivity contribution in [2.45, 2.75) is 19.6 Å². The molecule has 1 aromatic carbocycles. The van der Waals surface area contributed by atoms with Gasteiger partial charge < -0.3 is 14.8 Å². The maximum Gasteiger partial charge on any atom is 0.407 e. The minimum atomic E-state index is -0.453. The van der Waals surface area contributed by atoms with Crippen molar-refractivity contribution in [3.05, 3.63) is 48.6 Å². The zero-order chi connectivity index (χ0) is 13.2. The number of amides is 1. The fourth-order valence-electron chi connectivity index (χ4n) is 1.35. The van der Waals surface area contributed by atoms with Gasteiger partial charge in [0.25, 0.3) is 0 Å². The first-order valence-electron chi connectivity index (χ1n) is 5.88. The first-order valence-corrected chi connectivity index (χ1v) is 5.88. The van der Waals surface area contributed by atoms with Crippen LogP contribution in [0.5, 0.6) is 0 Å². The lowest BCUT2D eigenvalue weighted by Gasteiger charge is -2.13. The maximum absolute atomic E-state index is 11.2. The average Bonchev–Trinajstić information content (AvgIpc) is 2.37. The van der Waals surface area contributed by atoms with Crippen LogP contribution in [-0.4, -0.2) is 25.3 Å². The minimum Gasteiger partial charge on any atom is -0.445 e. The molecule has 4 heteroatoms. The van der Waals surface area contributed by atoms with Crippen molar-refractivity contribution in [2.75, 3.05) is 13.2 Å². The number of hydrogen-bond donors (Lipinski definition) is 1. The molecule has 0 aliphatic carbocycles. The van der Waals surface area contributed by atoms with Gasteiger partial charge in [-0.3, -0.25) is 0 Å². The number of carbonyl (C=O) groups excluding carboxylic acids is 1. The fraction of sp³-hybridized carbons (Fsp3) is 0.357. The standard InChI is InChI=1S/C14H19NO3/c1-3-9-18-14(16)15-12(2)10-17-11-13-7-5-4-6-8-13/h3-8,12H,1,9-11H2,2H3,(H,15,16)/t12-/m0/s1. The van der Waals surface area contributed by atoms with E-state index in [0.29, 0.717) is 13.2 Å². The summed E-state index contributed by atoms with van der Waals surface area (Å²) in [5.74, 6) is 0. The van der Waals surface area contributed by atoms with Crippen LogP contribution >= 0.6 is 0 Å². The maximum atomic E-state index is 11.2. The molecule has 0 fully saturated rings. The van der Waals surface area contributed by atoms with Crippen molar-refractivity contribution in [1.29, 1.82) is 0 Å². The van der Waals surface area contributed by atoms with Gasteiger partial charge in [0.1, 0.15) is 6.61 Å². The van der Waals surface area contributed by atoms with E-state index in [9.17, 15) is 4.79 Å². The van der Waals surface area contributed by atoms with Gasteiger partial charge in [-0.15, -0.1) is 0 Å². The molecule has 0 bridgehead atoms. The van der Waals surface area contributed by atoms with Gasteiger partial charge in [0.2, 0.25) is 0 Å². The molecule has 0 aromatic heterocycles. The van der Waals surface area contributed by atoms with Gasteiger partial charge in [-0.1, -0.05) is 43.0 Å². The quantitative estimate of drug-likeness (QED) is 0.755. The molecule has 0 unspecified atom stereocenters. The summed E-state index contributed by atoms with van der Waals surface area (Å²) in [6.45, 7) is 6.52. The van der Waals surface area contributed by atoms with Gasteiger partial charge >= 0.3 is 6.09 Å². The van der Waals surface area contributed by atoms with Crippen molar-refractivity contribution in [3.63, 3.8) is 0 Å². The van der Waals surface area contributed by atoms with Crippen molar-refractivity contribution in [2.24, 2.45) is 0 Å². The monoisotopic (exact) mass is 249 g/mol. The molecule has 4 nitrogen and oxygen atoms in total. The smallest absolute Gasteiger partial charge is 0.407 e. The van der Waals surface area contributed by atoms with Gasteiger partial charge in [0.15, 0.2) is 0 Å². The normalized spacial score (nSPS) is 11.6. The Morgan fingerprint density at radius 3 is 2.83 bits per heavy atom. The summed E-state index contributed by atoms with van der Waals surface area (Å²) >= 11 is 0. The summed E-state index contributed by atoms with van der Waals surface area (Å²) in [6.07, 6.45) is 1.07. The third-order valence-corrected chi connectivity index (χ3v) is 2.18. The van der Waals surface area contributed by atoms with Crippen LogP contribution in [-0.2, 0) is 16.1 Å². The lowest BCUT2D eigenvalue weighted by Crippen LogP contribution is -2.36. The van der Waals surface area contributed by atoms with E-state index in [1.54, 1.807) is 0 Å². The predicted octanol–water partition coefficient (Wildman–Crippen LogP) is 2.50. The summed E-state index contributed by atoms with van der Waals surface area (Å²) in [7, 11) is 0. The summed E-state index contributed by atoms with van der Waals surface area (Å²) in [4.78, 5) is 11.2. The second kappa shape index (κ2) is 8.31. The molecule has 0 spiro atoms. The molecule has 1 aromatic rings. The molecule has 0 aliphatic rings. The highest BCUT2D eigenvalue weighted by molar-refractivity contribution is 5.67. The molecule has 1 N–H and O–H groups in total. The Kier molecular flexibility index (Phi) is 6.58. The van der Waals surface area contributed by atoms with Gasteiger partial charge in [0.05, 0.1) is 19.3 Å². The van der Waals surface area contributed by atoms with E-state index < -0.39 is 6.09 Å². The summed E-state index contributed by atoms with van der Waals surface area (Å²) in [5, 5.41) is 2.67. The number of rotatable bonds is 7. The van der Waals surface area contributed by atoms with Crippen molar-refractivity contribution < 1.29 is 14.3 Å². The number of hydrogen-bond acceptors (Lipinski definition) is 3. The van der Waals surface area contributed by atoms with Crippen LogP contribution in [0.2, 0.25) is 0 Å². The zero-order valence-corrected chi connectivity index (χ0v) is 10.6. The van der Waals surface area contributed by atoms with E-state index in [-0.39, 0.29) is 12.6 Å². The van der Waals surface area contributed by atoms with Crippen molar-refractivity contribution >= 4 is 6.09 Å². The molecule has 0 heterocycles. The molecule has 1 rings (SSSR count). The van der Waals surface area contributed by atoms with Crippen LogP contribution in [0.25, 0.3) is 0 Å². The highest BCUT2D eigenvalue weighted by Crippen LogP contribution is 2.00. The van der Waals surface area contributed by atoms with Crippen LogP contribution in [0.1, 0.15) is 12.5 Å². The topological polar surface area (TPSA) is 47.6 Å². The average molecular weight is 249 g/mol. The Hall–Kier alpha value is -1.81. The van der Waals surface area contributed by atoms with Gasteiger partial charge in [0, 0.05) is 0 Å². The highest BCUT2D eigenvalue weighted by Gasteiger charge is 2.07. The SMILES string of the molecule is C=CCOC(=O)N[C@@H](C)COCc1ccccc1. The van der Waals surface area contributed by atoms with E-state index >= 15 is 0 Å². The number of carbonyl (C=O) groups is 1. The molecule has 18 heavy (non-hydrogen) atoms. The molecule has 0 saturated heterocycles. The second-order valence-electron chi connectivity index (χ2n) is 3.93. The van der Waals surface area contributed by atoms with Gasteiger partial charge in [-0.2, -0.15) is 0 Å². The molecule has 98 valence electrons. The summed E-state index contributed by atoms with van der Waals surface area (Å²) < 4.78 is 10.3. The van der Waals surface area contributed by atoms with Crippen LogP contribution in [0.4, 0.5) is 4.79 Å². The lowest BCUT2D eigenvalue weighted by atomic mass is 10.2. The molecular weight excluding hydrogens is 230 g/mol. The molecular formula is C14H19NO3. The number of ether oxygens (including phenoxy) is 2. The summed E-state index contributed by atoms with van der Waals surface area (Å²) in [5.41, 5.74) is 1.11. The number of nitrogens with one attached hydrogen (secondary N) is 1. The van der Waals surface area contributed by atoms with E-state index in [1.807, 2.05) is 37.3 Å². The number of benzene rings is 1. The first-order chi connectivity index (χ1) is 8.72. The summed E-state index contributed by atoms with van der Waals surface area (Å²) in [6, 6.07) is 9.79. The van der Waals surface area contributed by atoms with Crippen LogP contribution < -0.4 is 5.32 Å². The first kappa shape index (κ1) is 14.3. The van der Waals surface area contributed by atoms with E-state index in [1.165, 1.54) is 6.08 Å². The van der Waals surface area contributed by atoms with E-state index in [2.05, 4.69) is 11.9 Å². The minimum absolute atomic E-state index is 0.0916. The largest absolute Gasteiger partial charge is 0.445 e. The zero-order valence-electron chi connectivity index (χ0n) is 10.6. The fourth-order valence-corrected chi connectivity index (χ4v) is 1.35. The third-order valence-electron chi connectivity index (χ3n) is 2.18. The Balaban J connectivity index is 2.15. The molecule has 0 radical (unpaired) electrons. The Labute approximate surface area is 108 Å². The predicted molar refractivity (Wildman–Crippen MR) is 70.2 cm³/mol. The Morgan fingerprint density at radius 2 is 2.17 bits per heavy atom. The highest BCUT2D eigenvalue weighted by atomic mass is 16.5. The van der Waals surface area contributed by atoms with Crippen molar-refractivity contribution in [1.82, 2.24) is 5.32 Å². The number of alkyl carbamates (subject to hydrolysis) is 1. The third kappa shape index (κ3) is 6.06. The Bertz CT molecular complexity index is 365. The van der Waals surface area contributed by atoms with Crippen LogP contribution in [0, 0.1) is 0 Å². The van der Waals surface area contributed by atoms with Crippen molar-refractivity contribution in [3.8, 4) is 0 Å². The molecule has 0 saturated carbocycles. The van der Waals surface area contributed by atoms with E-state index in [0.717, 1.165) is 5.56 Å². The molecule has 0 aliphatic heterocycles. The molecule has 1 atom stereocenters. The second-order valence-corrected chi connectivity index (χ2v) is 3.93. The van der Waals surface area contributed by atoms with E-state index in [4.69, 9.17) is 9.47 Å². The molecule has 1 amide bonds. The Morgan fingerprint density at radius 1 is 1.44 bits per heavy atom. The lowest BCUT2D eigenvalue weighted by molar-refractivity contribution is 0.0963. The van der Waals surface area contributed by atoms with Crippen LogP contribution in [0.3, 0.4) is 0 Å². The van der Waals surface area contributed by atoms with Gasteiger partial charge in [-0.25, -0.2) is 4.79 Å².